The number of carboxylic acids is 1. The van der Waals surface area contributed by atoms with Crippen molar-refractivity contribution in [3.8, 4) is 24.7 Å². The van der Waals surface area contributed by atoms with E-state index in [9.17, 15) is 9.59 Å². The second-order valence-corrected chi connectivity index (χ2v) is 4.34. The molecule has 0 aromatic heterocycles. The number of carboxylic acid groups (broad SMARTS) is 1. The lowest BCUT2D eigenvalue weighted by atomic mass is 9.96. The van der Waals surface area contributed by atoms with Gasteiger partial charge in [0, 0.05) is 0 Å². The van der Waals surface area contributed by atoms with E-state index in [0.717, 1.165) is 0 Å². The Kier molecular flexibility index (Phi) is 9.72. The van der Waals surface area contributed by atoms with Crippen LogP contribution in [0.15, 0.2) is 0 Å². The Hall–Kier alpha value is -1.94. The zero-order valence-electron chi connectivity index (χ0n) is 10.8. The van der Waals surface area contributed by atoms with Crippen LogP contribution in [-0.4, -0.2) is 24.2 Å². The molecule has 0 rings (SSSR count). The van der Waals surface area contributed by atoms with Crippen LogP contribution in [0.3, 0.4) is 0 Å². The van der Waals surface area contributed by atoms with Gasteiger partial charge in [0.1, 0.15) is 10.8 Å². The number of carbonyl (C=O) groups excluding carboxylic acids is 1. The van der Waals surface area contributed by atoms with Gasteiger partial charge in [-0.15, -0.1) is 12.8 Å². The molecule has 0 bridgehead atoms. The monoisotopic (exact) mass is 254 g/mol. The fraction of sp³-hybridized carbons (Fsp3) is 0.571. The van der Waals surface area contributed by atoms with Crippen LogP contribution in [0.4, 0.5) is 0 Å². The van der Waals surface area contributed by atoms with Gasteiger partial charge < -0.3 is 9.84 Å². The highest BCUT2D eigenvalue weighted by Crippen LogP contribution is 2.14. The van der Waals surface area contributed by atoms with E-state index >= 15 is 0 Å². The van der Waals surface area contributed by atoms with Crippen LogP contribution in [0.5, 0.6) is 0 Å². The average Bonchev–Trinajstić information content (AvgIpc) is 2.28. The Bertz CT molecular complexity index is 364. The van der Waals surface area contributed by atoms with Gasteiger partial charge in [-0.3, -0.25) is 9.59 Å². The second-order valence-electron chi connectivity index (χ2n) is 4.34. The summed E-state index contributed by atoms with van der Waals surface area (Å²) in [5.41, 5.74) is -1.80. The first-order valence-electron chi connectivity index (χ1n) is 4.82. The number of carbonyl (C=O) groups is 2. The molecule has 4 nitrogen and oxygen atoms in total. The van der Waals surface area contributed by atoms with E-state index in [0.29, 0.717) is 0 Å². The van der Waals surface area contributed by atoms with Crippen LogP contribution in [0.1, 0.15) is 35.1 Å². The number of methoxy groups -OCH3 is 1. The number of aliphatic carboxylic acids is 1. The third-order valence-corrected chi connectivity index (χ3v) is 1.95. The first-order chi connectivity index (χ1) is 7.55. The summed E-state index contributed by atoms with van der Waals surface area (Å²) in [6.07, 6.45) is 9.91. The average molecular weight is 254 g/mol. The molecule has 0 aromatic rings. The summed E-state index contributed by atoms with van der Waals surface area (Å²) in [6.45, 7) is 6.24. The Balaban J connectivity index is -0.000000238. The Labute approximate surface area is 110 Å². The van der Waals surface area contributed by atoms with Crippen molar-refractivity contribution < 1.29 is 19.4 Å². The van der Waals surface area contributed by atoms with Crippen molar-refractivity contribution >= 4 is 11.9 Å². The maximum Gasteiger partial charge on any atom is 0.323 e. The third-order valence-electron chi connectivity index (χ3n) is 1.95. The van der Waals surface area contributed by atoms with Gasteiger partial charge in [0.2, 0.25) is 0 Å². The molecule has 0 saturated carbocycles. The van der Waals surface area contributed by atoms with E-state index in [1.807, 2.05) is 0 Å². The molecule has 0 spiro atoms. The molecule has 0 radical (unpaired) electrons. The largest absolute Gasteiger partial charge is 0.480 e. The molecule has 0 aliphatic heterocycles. The standard InChI is InChI=1S/C7H10O2.C6H8O2.CH4/c1-5-7(2,3)6(8)9-4;1-4-6(2,3)5(7)8;/h1H,2-4H3;1H,2-3H3,(H,7,8);1H4. The second kappa shape index (κ2) is 8.20. The highest BCUT2D eigenvalue weighted by Gasteiger charge is 2.25. The molecule has 0 amide bonds. The van der Waals surface area contributed by atoms with Gasteiger partial charge in [-0.2, -0.15) is 0 Å². The third kappa shape index (κ3) is 7.35. The van der Waals surface area contributed by atoms with Crippen molar-refractivity contribution in [3.05, 3.63) is 0 Å². The van der Waals surface area contributed by atoms with E-state index in [4.69, 9.17) is 18.0 Å². The SMILES string of the molecule is C.C#CC(C)(C)C(=O)O.C#CC(C)(C)C(=O)OC. The minimum Gasteiger partial charge on any atom is -0.480 e. The van der Waals surface area contributed by atoms with Crippen molar-refractivity contribution in [1.82, 2.24) is 0 Å². The molecule has 0 heterocycles. The predicted molar refractivity (Wildman–Crippen MR) is 71.6 cm³/mol. The van der Waals surface area contributed by atoms with E-state index in [2.05, 4.69) is 16.6 Å². The van der Waals surface area contributed by atoms with Crippen molar-refractivity contribution in [2.75, 3.05) is 7.11 Å². The highest BCUT2D eigenvalue weighted by molar-refractivity contribution is 5.79. The summed E-state index contributed by atoms with van der Waals surface area (Å²) in [7, 11) is 1.32. The molecule has 0 aliphatic carbocycles. The molecule has 18 heavy (non-hydrogen) atoms. The van der Waals surface area contributed by atoms with Crippen LogP contribution in [0, 0.1) is 35.5 Å². The fourth-order valence-corrected chi connectivity index (χ4v) is 0.376. The van der Waals surface area contributed by atoms with Gasteiger partial charge in [0.05, 0.1) is 7.11 Å². The molecule has 4 heteroatoms. The molecule has 0 fully saturated rings. The van der Waals surface area contributed by atoms with Gasteiger partial charge in [-0.1, -0.05) is 19.3 Å². The molecule has 0 aromatic carbocycles. The number of hydrogen-bond donors (Lipinski definition) is 1. The van der Waals surface area contributed by atoms with E-state index in [-0.39, 0.29) is 13.4 Å². The number of rotatable bonds is 2. The van der Waals surface area contributed by atoms with Crippen molar-refractivity contribution in [3.63, 3.8) is 0 Å². The van der Waals surface area contributed by atoms with Crippen LogP contribution in [-0.2, 0) is 14.3 Å². The maximum absolute atomic E-state index is 10.7. The predicted octanol–water partition coefficient (Wildman–Crippen LogP) is 2.19. The summed E-state index contributed by atoms with van der Waals surface area (Å²) >= 11 is 0. The zero-order chi connectivity index (χ0) is 14.3. The molecule has 0 saturated heterocycles. The first kappa shape index (κ1) is 21.4. The van der Waals surface area contributed by atoms with Crippen LogP contribution in [0.2, 0.25) is 0 Å². The van der Waals surface area contributed by atoms with Crippen molar-refractivity contribution in [1.29, 1.82) is 0 Å². The normalized spacial score (nSPS) is 9.50. The number of esters is 1. The highest BCUT2D eigenvalue weighted by atomic mass is 16.5. The Morgan fingerprint density at radius 1 is 1.06 bits per heavy atom. The minimum atomic E-state index is -1.01. The quantitative estimate of drug-likeness (QED) is 0.606. The maximum atomic E-state index is 10.7. The van der Waals surface area contributed by atoms with Crippen LogP contribution >= 0.6 is 0 Å². The Morgan fingerprint density at radius 2 is 1.39 bits per heavy atom. The molecule has 1 N–H and O–H groups in total. The lowest BCUT2D eigenvalue weighted by Gasteiger charge is -2.12. The lowest BCUT2D eigenvalue weighted by Crippen LogP contribution is -2.23. The fourth-order valence-electron chi connectivity index (χ4n) is 0.376. The number of hydrogen-bond acceptors (Lipinski definition) is 3. The summed E-state index contributed by atoms with van der Waals surface area (Å²) < 4.78 is 4.42. The van der Waals surface area contributed by atoms with E-state index in [1.165, 1.54) is 21.0 Å². The van der Waals surface area contributed by atoms with Crippen molar-refractivity contribution in [2.24, 2.45) is 10.8 Å². The van der Waals surface area contributed by atoms with Crippen LogP contribution in [0.25, 0.3) is 0 Å². The minimum absolute atomic E-state index is 0. The molecular weight excluding hydrogens is 232 g/mol. The summed E-state index contributed by atoms with van der Waals surface area (Å²) in [5.74, 6) is 3.13. The molecule has 0 aliphatic rings. The summed E-state index contributed by atoms with van der Waals surface area (Å²) in [4.78, 5) is 20.8. The van der Waals surface area contributed by atoms with Gasteiger partial charge in [-0.25, -0.2) is 0 Å². The van der Waals surface area contributed by atoms with Crippen molar-refractivity contribution in [2.45, 2.75) is 35.1 Å². The topological polar surface area (TPSA) is 63.6 Å². The Morgan fingerprint density at radius 3 is 1.44 bits per heavy atom. The molecule has 0 unspecified atom stereocenters. The van der Waals surface area contributed by atoms with Crippen LogP contribution < -0.4 is 0 Å². The lowest BCUT2D eigenvalue weighted by molar-refractivity contribution is -0.147. The number of ether oxygens (including phenoxy) is 1. The van der Waals surface area contributed by atoms with Gasteiger partial charge in [0.15, 0.2) is 0 Å². The molecular formula is C14H22O4. The van der Waals surface area contributed by atoms with E-state index < -0.39 is 16.8 Å². The molecule has 0 atom stereocenters. The number of terminal acetylenes is 2. The van der Waals surface area contributed by atoms with Gasteiger partial charge in [0.25, 0.3) is 0 Å². The summed E-state index contributed by atoms with van der Waals surface area (Å²) in [6, 6.07) is 0. The van der Waals surface area contributed by atoms with E-state index in [1.54, 1.807) is 13.8 Å². The first-order valence-corrected chi connectivity index (χ1v) is 4.82. The smallest absolute Gasteiger partial charge is 0.323 e. The summed E-state index contributed by atoms with van der Waals surface area (Å²) in [5, 5.41) is 8.30. The van der Waals surface area contributed by atoms with Gasteiger partial charge in [-0.05, 0) is 27.7 Å². The molecule has 102 valence electrons. The van der Waals surface area contributed by atoms with Gasteiger partial charge >= 0.3 is 11.9 Å². The zero-order valence-corrected chi connectivity index (χ0v) is 10.8.